The number of hydrogen-bond donors (Lipinski definition) is 2. The minimum atomic E-state index is -1.80. The third kappa shape index (κ3) is 6.30. The van der Waals surface area contributed by atoms with Gasteiger partial charge in [0.2, 0.25) is 5.54 Å². The van der Waals surface area contributed by atoms with Crippen LogP contribution in [-0.4, -0.2) is 42.4 Å². The molecule has 1 unspecified atom stereocenters. The molecule has 1 aromatic carbocycles. The Balaban J connectivity index is 3.17. The second kappa shape index (κ2) is 11.7. The zero-order valence-electron chi connectivity index (χ0n) is 16.6. The number of hydroxylamine groups is 1. The van der Waals surface area contributed by atoms with Crippen molar-refractivity contribution in [3.63, 3.8) is 0 Å². The van der Waals surface area contributed by atoms with Crippen molar-refractivity contribution in [2.75, 3.05) is 19.8 Å². The smallest absolute Gasteiger partial charge is 0.340 e. The normalized spacial score (nSPS) is 12.5. The Kier molecular flexibility index (Phi) is 9.99. The zero-order chi connectivity index (χ0) is 20.3. The van der Waals surface area contributed by atoms with E-state index in [0.29, 0.717) is 12.0 Å². The van der Waals surface area contributed by atoms with Gasteiger partial charge in [0.05, 0.1) is 25.9 Å². The van der Waals surface area contributed by atoms with Crippen molar-refractivity contribution in [3.8, 4) is 0 Å². The van der Waals surface area contributed by atoms with E-state index in [1.165, 1.54) is 0 Å². The Morgan fingerprint density at radius 2 is 1.56 bits per heavy atom. The van der Waals surface area contributed by atoms with E-state index < -0.39 is 23.6 Å². The number of benzene rings is 1. The highest BCUT2D eigenvalue weighted by atomic mass is 16.7. The highest BCUT2D eigenvalue weighted by molar-refractivity contribution is 6.05. The summed E-state index contributed by atoms with van der Waals surface area (Å²) in [7, 11) is 0. The van der Waals surface area contributed by atoms with Gasteiger partial charge in [-0.3, -0.25) is 0 Å². The summed E-state index contributed by atoms with van der Waals surface area (Å²) in [6.45, 7) is 7.56. The van der Waals surface area contributed by atoms with Crippen LogP contribution in [0.2, 0.25) is 0 Å². The third-order valence-corrected chi connectivity index (χ3v) is 4.03. The maximum absolute atomic E-state index is 12.6. The molecule has 152 valence electrons. The van der Waals surface area contributed by atoms with Crippen molar-refractivity contribution in [3.05, 3.63) is 35.4 Å². The summed E-state index contributed by atoms with van der Waals surface area (Å²) in [5, 5.41) is 10.1. The van der Waals surface area contributed by atoms with Crippen molar-refractivity contribution in [1.29, 1.82) is 0 Å². The lowest BCUT2D eigenvalue weighted by Crippen LogP contribution is -2.61. The Labute approximate surface area is 161 Å². The van der Waals surface area contributed by atoms with E-state index in [0.717, 1.165) is 12.0 Å². The van der Waals surface area contributed by atoms with E-state index in [1.807, 2.05) is 6.92 Å². The van der Waals surface area contributed by atoms with E-state index in [9.17, 15) is 14.7 Å². The average molecular weight is 381 g/mol. The van der Waals surface area contributed by atoms with Crippen LogP contribution in [0.25, 0.3) is 0 Å². The summed E-state index contributed by atoms with van der Waals surface area (Å²) in [5.41, 5.74) is 2.25. The molecule has 0 radical (unpaired) electrons. The van der Waals surface area contributed by atoms with E-state index in [4.69, 9.17) is 14.3 Å². The van der Waals surface area contributed by atoms with E-state index in [1.54, 1.807) is 45.0 Å². The van der Waals surface area contributed by atoms with Crippen LogP contribution in [0.15, 0.2) is 24.3 Å². The number of carbonyl (C=O) groups is 2. The molecular weight excluding hydrogens is 350 g/mol. The Bertz CT molecular complexity index is 569. The van der Waals surface area contributed by atoms with Gasteiger partial charge in [0, 0.05) is 6.42 Å². The highest BCUT2D eigenvalue weighted by Gasteiger charge is 2.50. The van der Waals surface area contributed by atoms with Gasteiger partial charge in [0.25, 0.3) is 0 Å². The molecule has 0 saturated carbocycles. The molecule has 1 rings (SSSR count). The molecule has 0 amide bonds. The maximum atomic E-state index is 12.6. The van der Waals surface area contributed by atoms with E-state index in [-0.39, 0.29) is 26.2 Å². The first-order valence-corrected chi connectivity index (χ1v) is 9.45. The minimum absolute atomic E-state index is 0.00514. The van der Waals surface area contributed by atoms with Gasteiger partial charge in [0.1, 0.15) is 0 Å². The Morgan fingerprint density at radius 1 is 1.00 bits per heavy atom. The van der Waals surface area contributed by atoms with Crippen LogP contribution in [0.3, 0.4) is 0 Å². The summed E-state index contributed by atoms with van der Waals surface area (Å²) in [4.78, 5) is 30.5. The summed E-state index contributed by atoms with van der Waals surface area (Å²) >= 11 is 0. The molecule has 0 saturated heterocycles. The van der Waals surface area contributed by atoms with Gasteiger partial charge in [-0.1, -0.05) is 37.6 Å². The Hall–Kier alpha value is -1.96. The quantitative estimate of drug-likeness (QED) is 0.326. The molecule has 0 aliphatic heterocycles. The number of ether oxygens (including phenoxy) is 2. The van der Waals surface area contributed by atoms with Gasteiger partial charge in [-0.15, -0.1) is 0 Å². The number of rotatable bonds is 12. The molecule has 0 heterocycles. The van der Waals surface area contributed by atoms with Crippen LogP contribution >= 0.6 is 0 Å². The van der Waals surface area contributed by atoms with Crippen LogP contribution < -0.4 is 5.48 Å². The van der Waals surface area contributed by atoms with Gasteiger partial charge in [0.15, 0.2) is 0 Å². The molecule has 7 heteroatoms. The predicted octanol–water partition coefficient (Wildman–Crippen LogP) is 2.47. The average Bonchev–Trinajstić information content (AvgIpc) is 2.66. The molecule has 0 aromatic heterocycles. The molecule has 0 bridgehead atoms. The lowest BCUT2D eigenvalue weighted by atomic mass is 9.90. The van der Waals surface area contributed by atoms with E-state index in [2.05, 4.69) is 5.48 Å². The largest absolute Gasteiger partial charge is 0.464 e. The summed E-state index contributed by atoms with van der Waals surface area (Å²) in [6, 6.07) is 7.12. The second-order valence-electron chi connectivity index (χ2n) is 6.10. The fraction of sp³-hybridized carbons (Fsp3) is 0.600. The first-order chi connectivity index (χ1) is 12.9. The Morgan fingerprint density at radius 3 is 2.00 bits per heavy atom. The fourth-order valence-corrected chi connectivity index (χ4v) is 2.65. The fourth-order valence-electron chi connectivity index (χ4n) is 2.65. The molecule has 0 spiro atoms. The van der Waals surface area contributed by atoms with Gasteiger partial charge < -0.3 is 19.4 Å². The molecular formula is C20H31NO6. The number of carbonyl (C=O) groups excluding carboxylic acids is 2. The van der Waals surface area contributed by atoms with Crippen molar-refractivity contribution in [2.45, 2.75) is 58.6 Å². The summed E-state index contributed by atoms with van der Waals surface area (Å²) < 4.78 is 10.2. The highest BCUT2D eigenvalue weighted by Crippen LogP contribution is 2.22. The van der Waals surface area contributed by atoms with Crippen molar-refractivity contribution < 1.29 is 29.0 Å². The molecule has 2 N–H and O–H groups in total. The van der Waals surface area contributed by atoms with Crippen molar-refractivity contribution >= 4 is 11.9 Å². The molecule has 0 fully saturated rings. The van der Waals surface area contributed by atoms with Crippen molar-refractivity contribution in [1.82, 2.24) is 5.48 Å². The molecule has 27 heavy (non-hydrogen) atoms. The number of aliphatic hydroxyl groups excluding tert-OH is 1. The minimum Gasteiger partial charge on any atom is -0.464 e. The molecule has 1 aromatic rings. The van der Waals surface area contributed by atoms with Crippen LogP contribution in [0, 0.1) is 0 Å². The van der Waals surface area contributed by atoms with Crippen molar-refractivity contribution in [2.24, 2.45) is 0 Å². The van der Waals surface area contributed by atoms with Gasteiger partial charge in [-0.25, -0.2) is 9.59 Å². The third-order valence-electron chi connectivity index (χ3n) is 4.03. The molecule has 0 aliphatic rings. The number of nitrogens with one attached hydrogen (secondary N) is 1. The standard InChI is InChI=1S/C20H31NO6/c1-5-9-17(22)16-12-10-15(11-13-16)14-20(21-27-8-4,18(23)25-6-2)19(24)26-7-3/h10-13,17,21-22H,5-9,14H2,1-4H3. The SMILES string of the molecule is CCCC(O)c1ccc(CC(NOCC)(C(=O)OCC)C(=O)OCC)cc1. The maximum Gasteiger partial charge on any atom is 0.340 e. The lowest BCUT2D eigenvalue weighted by molar-refractivity contribution is -0.175. The van der Waals surface area contributed by atoms with Gasteiger partial charge in [-0.05, 0) is 38.3 Å². The summed E-state index contributed by atoms with van der Waals surface area (Å²) in [5.74, 6) is -1.51. The van der Waals surface area contributed by atoms with Crippen LogP contribution in [0.1, 0.15) is 57.8 Å². The molecule has 7 nitrogen and oxygen atoms in total. The number of hydrogen-bond acceptors (Lipinski definition) is 7. The van der Waals surface area contributed by atoms with Crippen LogP contribution in [-0.2, 0) is 30.3 Å². The first kappa shape index (κ1) is 23.1. The number of esters is 2. The van der Waals surface area contributed by atoms with E-state index >= 15 is 0 Å². The van der Waals surface area contributed by atoms with Crippen LogP contribution in [0.5, 0.6) is 0 Å². The first-order valence-electron chi connectivity index (χ1n) is 9.45. The summed E-state index contributed by atoms with van der Waals surface area (Å²) in [6.07, 6.45) is 0.997. The van der Waals surface area contributed by atoms with Crippen LogP contribution in [0.4, 0.5) is 0 Å². The number of aliphatic hydroxyl groups is 1. The monoisotopic (exact) mass is 381 g/mol. The molecule has 1 atom stereocenters. The predicted molar refractivity (Wildman–Crippen MR) is 101 cm³/mol. The lowest BCUT2D eigenvalue weighted by Gasteiger charge is -2.29. The topological polar surface area (TPSA) is 94.1 Å². The van der Waals surface area contributed by atoms with Gasteiger partial charge >= 0.3 is 11.9 Å². The zero-order valence-corrected chi connectivity index (χ0v) is 16.6. The molecule has 0 aliphatic carbocycles. The second-order valence-corrected chi connectivity index (χ2v) is 6.10. The van der Waals surface area contributed by atoms with Gasteiger partial charge in [-0.2, -0.15) is 5.48 Å².